The monoisotopic (exact) mass is 227 g/mol. The summed E-state index contributed by atoms with van der Waals surface area (Å²) in [7, 11) is 1.41. The number of nitrogens with zero attached hydrogens (tertiary/aromatic N) is 1. The van der Waals surface area contributed by atoms with Gasteiger partial charge in [0.1, 0.15) is 0 Å². The van der Waals surface area contributed by atoms with Crippen LogP contribution in [-0.4, -0.2) is 43.3 Å². The number of esters is 1. The SMILES string of the molecule is COC(=O)C1=CCC2CCC1N2CCCF. The van der Waals surface area contributed by atoms with E-state index in [0.29, 0.717) is 12.5 Å². The number of rotatable bonds is 4. The molecule has 16 heavy (non-hydrogen) atoms. The standard InChI is InChI=1S/C12H18FNO2/c1-16-12(15)10-5-3-9-4-6-11(10)14(9)8-2-7-13/h5,9,11H,2-4,6-8H2,1H3. The minimum atomic E-state index is -0.285. The van der Waals surface area contributed by atoms with E-state index in [1.165, 1.54) is 7.11 Å². The van der Waals surface area contributed by atoms with Crippen LogP contribution in [0.25, 0.3) is 0 Å². The molecular formula is C12H18FNO2. The Morgan fingerprint density at radius 2 is 2.44 bits per heavy atom. The third kappa shape index (κ3) is 1.98. The fourth-order valence-corrected chi connectivity index (χ4v) is 2.84. The zero-order chi connectivity index (χ0) is 11.5. The third-order valence-corrected chi connectivity index (χ3v) is 3.58. The summed E-state index contributed by atoms with van der Waals surface area (Å²) in [6, 6.07) is 0.669. The van der Waals surface area contributed by atoms with Crippen molar-refractivity contribution in [3.8, 4) is 0 Å². The highest BCUT2D eigenvalue weighted by molar-refractivity contribution is 5.90. The molecule has 2 aliphatic heterocycles. The molecule has 2 aliphatic rings. The predicted molar refractivity (Wildman–Crippen MR) is 58.8 cm³/mol. The Morgan fingerprint density at radius 1 is 1.62 bits per heavy atom. The second-order valence-electron chi connectivity index (χ2n) is 4.41. The van der Waals surface area contributed by atoms with E-state index in [0.717, 1.165) is 31.4 Å². The van der Waals surface area contributed by atoms with Gasteiger partial charge in [0, 0.05) is 18.6 Å². The number of carbonyl (C=O) groups excluding carboxylic acids is 1. The van der Waals surface area contributed by atoms with Crippen LogP contribution < -0.4 is 0 Å². The van der Waals surface area contributed by atoms with E-state index in [4.69, 9.17) is 4.74 Å². The van der Waals surface area contributed by atoms with Gasteiger partial charge in [0.05, 0.1) is 19.4 Å². The lowest BCUT2D eigenvalue weighted by atomic mass is 10.0. The van der Waals surface area contributed by atoms with E-state index in [9.17, 15) is 9.18 Å². The summed E-state index contributed by atoms with van der Waals surface area (Å²) >= 11 is 0. The summed E-state index contributed by atoms with van der Waals surface area (Å²) < 4.78 is 17.0. The average molecular weight is 227 g/mol. The molecule has 0 spiro atoms. The Morgan fingerprint density at radius 3 is 3.12 bits per heavy atom. The summed E-state index contributed by atoms with van der Waals surface area (Å²) in [6.07, 6.45) is 5.56. The number of methoxy groups -OCH3 is 1. The largest absolute Gasteiger partial charge is 0.466 e. The van der Waals surface area contributed by atoms with Crippen molar-refractivity contribution >= 4 is 5.97 Å². The van der Waals surface area contributed by atoms with Gasteiger partial charge in [-0.2, -0.15) is 0 Å². The Labute approximate surface area is 95.3 Å². The minimum Gasteiger partial charge on any atom is -0.466 e. The molecule has 0 aliphatic carbocycles. The lowest BCUT2D eigenvalue weighted by Gasteiger charge is -2.33. The molecule has 1 fully saturated rings. The van der Waals surface area contributed by atoms with Crippen LogP contribution in [0, 0.1) is 0 Å². The molecule has 0 aromatic carbocycles. The number of fused-ring (bicyclic) bond motifs is 2. The fraction of sp³-hybridized carbons (Fsp3) is 0.750. The van der Waals surface area contributed by atoms with Crippen LogP contribution in [0.5, 0.6) is 0 Å². The van der Waals surface area contributed by atoms with Crippen molar-refractivity contribution < 1.29 is 13.9 Å². The Balaban J connectivity index is 2.08. The first-order valence-electron chi connectivity index (χ1n) is 5.88. The van der Waals surface area contributed by atoms with Gasteiger partial charge < -0.3 is 4.74 Å². The average Bonchev–Trinajstić information content (AvgIpc) is 2.57. The smallest absolute Gasteiger partial charge is 0.335 e. The van der Waals surface area contributed by atoms with Gasteiger partial charge in [-0.15, -0.1) is 0 Å². The number of carbonyl (C=O) groups is 1. The van der Waals surface area contributed by atoms with Crippen molar-refractivity contribution in [3.63, 3.8) is 0 Å². The van der Waals surface area contributed by atoms with Crippen molar-refractivity contribution in [1.82, 2.24) is 4.90 Å². The molecule has 2 unspecified atom stereocenters. The molecule has 2 rings (SSSR count). The molecule has 0 saturated carbocycles. The fourth-order valence-electron chi connectivity index (χ4n) is 2.84. The quantitative estimate of drug-likeness (QED) is 0.684. The number of halogens is 1. The summed E-state index contributed by atoms with van der Waals surface area (Å²) in [4.78, 5) is 13.9. The molecule has 2 bridgehead atoms. The Hall–Kier alpha value is -0.900. The molecule has 4 heteroatoms. The molecule has 2 heterocycles. The predicted octanol–water partition coefficient (Wildman–Crippen LogP) is 1.68. The van der Waals surface area contributed by atoms with Gasteiger partial charge in [-0.05, 0) is 25.7 Å². The lowest BCUT2D eigenvalue weighted by molar-refractivity contribution is -0.137. The molecule has 2 atom stereocenters. The lowest BCUT2D eigenvalue weighted by Crippen LogP contribution is -2.42. The maximum absolute atomic E-state index is 12.2. The summed E-state index contributed by atoms with van der Waals surface area (Å²) in [6.45, 7) is 0.466. The second-order valence-corrected chi connectivity index (χ2v) is 4.41. The highest BCUT2D eigenvalue weighted by atomic mass is 19.1. The molecule has 3 nitrogen and oxygen atoms in total. The molecule has 0 aromatic heterocycles. The van der Waals surface area contributed by atoms with Gasteiger partial charge in [-0.1, -0.05) is 6.08 Å². The summed E-state index contributed by atoms with van der Waals surface area (Å²) in [5, 5.41) is 0. The van der Waals surface area contributed by atoms with E-state index in [-0.39, 0.29) is 18.7 Å². The first-order chi connectivity index (χ1) is 7.77. The molecule has 90 valence electrons. The highest BCUT2D eigenvalue weighted by Gasteiger charge is 2.40. The molecule has 0 aromatic rings. The van der Waals surface area contributed by atoms with Crippen LogP contribution in [0.3, 0.4) is 0 Å². The number of hydrogen-bond acceptors (Lipinski definition) is 3. The highest BCUT2D eigenvalue weighted by Crippen LogP contribution is 2.36. The molecule has 0 radical (unpaired) electrons. The van der Waals surface area contributed by atoms with Gasteiger partial charge in [-0.25, -0.2) is 4.79 Å². The molecule has 1 saturated heterocycles. The Kier molecular flexibility index (Phi) is 3.59. The van der Waals surface area contributed by atoms with E-state index in [1.807, 2.05) is 6.08 Å². The van der Waals surface area contributed by atoms with Gasteiger partial charge in [0.15, 0.2) is 0 Å². The maximum Gasteiger partial charge on any atom is 0.335 e. The van der Waals surface area contributed by atoms with Crippen LogP contribution in [-0.2, 0) is 9.53 Å². The van der Waals surface area contributed by atoms with Crippen LogP contribution in [0.1, 0.15) is 25.7 Å². The van der Waals surface area contributed by atoms with Crippen molar-refractivity contribution in [2.75, 3.05) is 20.3 Å². The van der Waals surface area contributed by atoms with Crippen molar-refractivity contribution in [2.45, 2.75) is 37.8 Å². The van der Waals surface area contributed by atoms with Crippen molar-refractivity contribution in [1.29, 1.82) is 0 Å². The van der Waals surface area contributed by atoms with E-state index < -0.39 is 0 Å². The minimum absolute atomic E-state index is 0.165. The zero-order valence-electron chi connectivity index (χ0n) is 9.62. The van der Waals surface area contributed by atoms with Gasteiger partial charge in [0.25, 0.3) is 0 Å². The van der Waals surface area contributed by atoms with E-state index >= 15 is 0 Å². The number of ether oxygens (including phenoxy) is 1. The first kappa shape index (κ1) is 11.6. The second kappa shape index (κ2) is 4.95. The van der Waals surface area contributed by atoms with Crippen LogP contribution in [0.4, 0.5) is 4.39 Å². The van der Waals surface area contributed by atoms with Crippen molar-refractivity contribution in [3.05, 3.63) is 11.6 Å². The van der Waals surface area contributed by atoms with Crippen LogP contribution in [0.15, 0.2) is 11.6 Å². The molecular weight excluding hydrogens is 209 g/mol. The van der Waals surface area contributed by atoms with Crippen LogP contribution >= 0.6 is 0 Å². The van der Waals surface area contributed by atoms with E-state index in [1.54, 1.807) is 0 Å². The van der Waals surface area contributed by atoms with Gasteiger partial charge in [0.2, 0.25) is 0 Å². The zero-order valence-corrected chi connectivity index (χ0v) is 9.62. The Bertz CT molecular complexity index is 303. The summed E-state index contributed by atoms with van der Waals surface area (Å²) in [5.74, 6) is -0.226. The first-order valence-corrected chi connectivity index (χ1v) is 5.88. The third-order valence-electron chi connectivity index (χ3n) is 3.58. The molecule has 0 N–H and O–H groups in total. The number of alkyl halides is 1. The van der Waals surface area contributed by atoms with Crippen molar-refractivity contribution in [2.24, 2.45) is 0 Å². The number of hydrogen-bond donors (Lipinski definition) is 0. The van der Waals surface area contributed by atoms with Gasteiger partial charge >= 0.3 is 5.97 Å². The van der Waals surface area contributed by atoms with Gasteiger partial charge in [-0.3, -0.25) is 9.29 Å². The molecule has 0 amide bonds. The maximum atomic E-state index is 12.2. The summed E-state index contributed by atoms with van der Waals surface area (Å²) in [5.41, 5.74) is 0.773. The topological polar surface area (TPSA) is 29.5 Å². The normalized spacial score (nSPS) is 29.0. The van der Waals surface area contributed by atoms with E-state index in [2.05, 4.69) is 4.90 Å². The van der Waals surface area contributed by atoms with Crippen LogP contribution in [0.2, 0.25) is 0 Å².